The third kappa shape index (κ3) is 3.31. The van der Waals surface area contributed by atoms with E-state index in [1.807, 2.05) is 79.1 Å². The molecular weight excluding hydrogens is 520 g/mol. The van der Waals surface area contributed by atoms with E-state index in [0.717, 1.165) is 67.4 Å². The Kier molecular flexibility index (Phi) is 4.77. The van der Waals surface area contributed by atoms with Crippen molar-refractivity contribution in [2.75, 3.05) is 0 Å². The van der Waals surface area contributed by atoms with Crippen LogP contribution in [0.5, 0.6) is 11.5 Å². The molecule has 0 aliphatic heterocycles. The molecule has 0 spiro atoms. The molecule has 42 heavy (non-hydrogen) atoms. The molecule has 7 nitrogen and oxygen atoms in total. The van der Waals surface area contributed by atoms with Crippen LogP contribution in [0.1, 0.15) is 0 Å². The highest BCUT2D eigenvalue weighted by atomic mass is 16.5. The summed E-state index contributed by atoms with van der Waals surface area (Å²) in [7, 11) is 0. The van der Waals surface area contributed by atoms with Gasteiger partial charge in [0.25, 0.3) is 0 Å². The highest BCUT2D eigenvalue weighted by Gasteiger charge is 2.19. The number of nitrogens with zero attached hydrogens (tertiary/aromatic N) is 6. The highest BCUT2D eigenvalue weighted by molar-refractivity contribution is 6.09. The van der Waals surface area contributed by atoms with Crippen LogP contribution in [-0.2, 0) is 0 Å². The quantitative estimate of drug-likeness (QED) is 0.225. The van der Waals surface area contributed by atoms with Crippen molar-refractivity contribution < 1.29 is 4.74 Å². The zero-order valence-electron chi connectivity index (χ0n) is 22.3. The van der Waals surface area contributed by atoms with Crippen LogP contribution in [-0.4, -0.2) is 28.5 Å². The van der Waals surface area contributed by atoms with E-state index in [2.05, 4.69) is 73.1 Å². The average Bonchev–Trinajstić information content (AvgIpc) is 3.68. The van der Waals surface area contributed by atoms with Gasteiger partial charge in [0.2, 0.25) is 5.78 Å². The molecule has 0 saturated heterocycles. The van der Waals surface area contributed by atoms with Crippen LogP contribution in [0.15, 0.2) is 134 Å². The fraction of sp³-hybridized carbons (Fsp3) is 0. The average molecular weight is 543 g/mol. The minimum Gasteiger partial charge on any atom is -0.457 e. The van der Waals surface area contributed by atoms with Crippen molar-refractivity contribution >= 4 is 49.8 Å². The van der Waals surface area contributed by atoms with Crippen LogP contribution in [0.4, 0.5) is 0 Å². The summed E-state index contributed by atoms with van der Waals surface area (Å²) < 4.78 is 12.9. The van der Waals surface area contributed by atoms with Gasteiger partial charge in [-0.15, -0.1) is 0 Å². The highest BCUT2D eigenvalue weighted by Crippen LogP contribution is 2.36. The van der Waals surface area contributed by atoms with Gasteiger partial charge >= 0.3 is 0 Å². The number of ether oxygens (including phenoxy) is 1. The minimum atomic E-state index is 0.723. The number of hydrogen-bond acceptors (Lipinski definition) is 4. The summed E-state index contributed by atoms with van der Waals surface area (Å²) in [6.45, 7) is 0. The Morgan fingerprint density at radius 3 is 2.14 bits per heavy atom. The lowest BCUT2D eigenvalue weighted by atomic mass is 10.1. The molecule has 0 atom stereocenters. The molecule has 0 unspecified atom stereocenters. The van der Waals surface area contributed by atoms with Crippen LogP contribution in [0.2, 0.25) is 0 Å². The predicted molar refractivity (Wildman–Crippen MR) is 166 cm³/mol. The molecule has 9 aromatic rings. The van der Waals surface area contributed by atoms with Crippen LogP contribution in [0.25, 0.3) is 61.3 Å². The Morgan fingerprint density at radius 1 is 0.524 bits per heavy atom. The normalized spacial score (nSPS) is 11.8. The van der Waals surface area contributed by atoms with Crippen molar-refractivity contribution in [1.29, 1.82) is 0 Å². The molecule has 0 amide bonds. The summed E-state index contributed by atoms with van der Waals surface area (Å²) in [6.07, 6.45) is 3.64. The van der Waals surface area contributed by atoms with E-state index in [-0.39, 0.29) is 0 Å². The monoisotopic (exact) mass is 542 g/mol. The Morgan fingerprint density at radius 2 is 1.26 bits per heavy atom. The van der Waals surface area contributed by atoms with E-state index in [0.29, 0.717) is 0 Å². The van der Waals surface area contributed by atoms with Crippen LogP contribution < -0.4 is 4.74 Å². The molecular formula is C35H22N6O. The Labute approximate surface area is 239 Å². The van der Waals surface area contributed by atoms with Crippen LogP contribution in [0, 0.1) is 0 Å². The first-order valence-corrected chi connectivity index (χ1v) is 13.8. The van der Waals surface area contributed by atoms with Crippen molar-refractivity contribution in [3.05, 3.63) is 134 Å². The molecule has 0 aliphatic carbocycles. The fourth-order valence-corrected chi connectivity index (χ4v) is 6.02. The van der Waals surface area contributed by atoms with Gasteiger partial charge < -0.3 is 4.74 Å². The third-order valence-electron chi connectivity index (χ3n) is 7.80. The first-order chi connectivity index (χ1) is 20.8. The van der Waals surface area contributed by atoms with E-state index < -0.39 is 0 Å². The Balaban J connectivity index is 1.20. The number of hydrogen-bond donors (Lipinski definition) is 0. The number of pyridine rings is 2. The third-order valence-corrected chi connectivity index (χ3v) is 7.80. The lowest BCUT2D eigenvalue weighted by Gasteiger charge is -2.09. The second-order valence-electron chi connectivity index (χ2n) is 10.2. The van der Waals surface area contributed by atoms with E-state index in [1.165, 1.54) is 5.39 Å². The van der Waals surface area contributed by atoms with Gasteiger partial charge in [-0.25, -0.2) is 15.0 Å². The number of benzene rings is 4. The Hall–Kier alpha value is -5.95. The van der Waals surface area contributed by atoms with Crippen molar-refractivity contribution in [2.45, 2.75) is 0 Å². The molecule has 5 aromatic heterocycles. The summed E-state index contributed by atoms with van der Waals surface area (Å²) in [6, 6.07) is 40.9. The van der Waals surface area contributed by atoms with Crippen molar-refractivity contribution in [2.24, 2.45) is 0 Å². The summed E-state index contributed by atoms with van der Waals surface area (Å²) in [5.41, 5.74) is 6.83. The zero-order valence-corrected chi connectivity index (χ0v) is 22.3. The van der Waals surface area contributed by atoms with Crippen LogP contribution in [0.3, 0.4) is 0 Å². The maximum absolute atomic E-state index is 6.50. The summed E-state index contributed by atoms with van der Waals surface area (Å²) >= 11 is 0. The maximum atomic E-state index is 6.50. The molecule has 0 fully saturated rings. The topological polar surface area (TPSA) is 62.2 Å². The first-order valence-electron chi connectivity index (χ1n) is 13.8. The van der Waals surface area contributed by atoms with Gasteiger partial charge in [0.05, 0.1) is 27.6 Å². The molecule has 0 radical (unpaired) electrons. The van der Waals surface area contributed by atoms with Crippen molar-refractivity contribution in [3.8, 4) is 23.0 Å². The van der Waals surface area contributed by atoms with Crippen molar-refractivity contribution in [1.82, 2.24) is 28.5 Å². The number of aromatic nitrogens is 6. The molecule has 7 heteroatoms. The van der Waals surface area contributed by atoms with Gasteiger partial charge in [-0.1, -0.05) is 42.5 Å². The Bertz CT molecular complexity index is 2440. The number of para-hydroxylation sites is 2. The number of imidazole rings is 2. The van der Waals surface area contributed by atoms with Gasteiger partial charge in [0.1, 0.15) is 17.3 Å². The van der Waals surface area contributed by atoms with Crippen molar-refractivity contribution in [3.63, 3.8) is 0 Å². The lowest BCUT2D eigenvalue weighted by molar-refractivity contribution is 0.484. The van der Waals surface area contributed by atoms with Gasteiger partial charge in [-0.2, -0.15) is 0 Å². The molecule has 0 saturated carbocycles. The van der Waals surface area contributed by atoms with E-state index in [4.69, 9.17) is 14.7 Å². The largest absolute Gasteiger partial charge is 0.457 e. The first kappa shape index (κ1) is 22.8. The molecule has 0 N–H and O–H groups in total. The van der Waals surface area contributed by atoms with Crippen LogP contribution >= 0.6 is 0 Å². The summed E-state index contributed by atoms with van der Waals surface area (Å²) in [5.74, 6) is 3.14. The standard InChI is InChI=1S/C35H22N6O/c1-2-9-23(10-3-1)39-30-13-8-20-37-34(30)41-32-22-25(16-18-28(32)38-35(39)41)42-24-15-17-27-26-11-4-5-12-29(26)40(31(27)21-24)33-14-6-7-19-36-33/h1-22H. The van der Waals surface area contributed by atoms with Gasteiger partial charge in [0, 0.05) is 41.0 Å². The number of rotatable bonds is 4. The molecule has 198 valence electrons. The van der Waals surface area contributed by atoms with Gasteiger partial charge in [0.15, 0.2) is 5.65 Å². The van der Waals surface area contributed by atoms with E-state index >= 15 is 0 Å². The summed E-state index contributed by atoms with van der Waals surface area (Å²) in [4.78, 5) is 14.4. The number of fused-ring (bicyclic) bond motifs is 8. The fourth-order valence-electron chi connectivity index (χ4n) is 6.02. The minimum absolute atomic E-state index is 0.723. The van der Waals surface area contributed by atoms with Gasteiger partial charge in [-0.05, 0) is 66.7 Å². The van der Waals surface area contributed by atoms with E-state index in [1.54, 1.807) is 0 Å². The molecule has 4 aromatic carbocycles. The van der Waals surface area contributed by atoms with Gasteiger partial charge in [-0.3, -0.25) is 13.5 Å². The predicted octanol–water partition coefficient (Wildman–Crippen LogP) is 8.11. The molecule has 9 rings (SSSR count). The summed E-state index contributed by atoms with van der Waals surface area (Å²) in [5, 5.41) is 2.33. The SMILES string of the molecule is c1ccc(-n2c3cccnc3n3c4cc(Oc5ccc6c7ccccc7n(-c7ccccn7)c6c5)ccc4nc23)cc1. The molecule has 0 bridgehead atoms. The molecule has 0 aliphatic rings. The zero-order chi connectivity index (χ0) is 27.6. The van der Waals surface area contributed by atoms with E-state index in [9.17, 15) is 0 Å². The smallest absolute Gasteiger partial charge is 0.221 e. The second-order valence-corrected chi connectivity index (χ2v) is 10.2. The second kappa shape index (κ2) is 8.78. The molecule has 5 heterocycles. The maximum Gasteiger partial charge on any atom is 0.221 e. The lowest BCUT2D eigenvalue weighted by Crippen LogP contribution is -1.96.